The van der Waals surface area contributed by atoms with Gasteiger partial charge in [0.2, 0.25) is 0 Å². The summed E-state index contributed by atoms with van der Waals surface area (Å²) in [6.45, 7) is 2.65. The fourth-order valence-corrected chi connectivity index (χ4v) is 4.33. The smallest absolute Gasteiger partial charge is 0.481 e. The first-order valence-corrected chi connectivity index (χ1v) is 7.41. The molecule has 0 aromatic rings. The molecular weight excluding hydrogens is 319 g/mol. The van der Waals surface area contributed by atoms with E-state index < -0.39 is 18.1 Å². The lowest BCUT2D eigenvalue weighted by Gasteiger charge is -2.52. The second kappa shape index (κ2) is 5.62. The third kappa shape index (κ3) is 3.03. The summed E-state index contributed by atoms with van der Waals surface area (Å²) in [5.41, 5.74) is 5.75. The van der Waals surface area contributed by atoms with Crippen LogP contribution >= 0.6 is 0 Å². The van der Waals surface area contributed by atoms with Crippen molar-refractivity contribution in [3.05, 3.63) is 0 Å². The van der Waals surface area contributed by atoms with Crippen molar-refractivity contribution >= 4 is 11.9 Å². The number of hydrogen-bond donors (Lipinski definition) is 3. The van der Waals surface area contributed by atoms with Crippen molar-refractivity contribution < 1.29 is 37.7 Å². The summed E-state index contributed by atoms with van der Waals surface area (Å²) in [6, 6.07) is 0. The lowest BCUT2D eigenvalue weighted by Crippen LogP contribution is -2.53. The number of rotatable bonds is 4. The SMILES string of the molecule is CCC12C[C@@H]3C[C@](CN)(CC(=O)O)[C@@H]3C1O2.O=C(O)C(F)(F)F. The largest absolute Gasteiger partial charge is 0.490 e. The van der Waals surface area contributed by atoms with E-state index in [1.807, 2.05) is 0 Å². The molecule has 1 heterocycles. The van der Waals surface area contributed by atoms with E-state index in [2.05, 4.69) is 6.92 Å². The molecule has 6 nitrogen and oxygen atoms in total. The van der Waals surface area contributed by atoms with Crippen LogP contribution in [0.1, 0.15) is 32.6 Å². The number of halogens is 3. The first kappa shape index (κ1) is 18.0. The number of carboxylic acid groups (broad SMARTS) is 2. The quantitative estimate of drug-likeness (QED) is 0.671. The number of alkyl halides is 3. The van der Waals surface area contributed by atoms with Gasteiger partial charge in [-0.1, -0.05) is 6.92 Å². The van der Waals surface area contributed by atoms with Crippen molar-refractivity contribution in [2.75, 3.05) is 6.54 Å². The van der Waals surface area contributed by atoms with Gasteiger partial charge in [-0.25, -0.2) is 4.79 Å². The summed E-state index contributed by atoms with van der Waals surface area (Å²) in [5.74, 6) is -2.40. The van der Waals surface area contributed by atoms with Crippen molar-refractivity contribution in [3.63, 3.8) is 0 Å². The Kier molecular flexibility index (Phi) is 4.40. The summed E-state index contributed by atoms with van der Waals surface area (Å²) >= 11 is 0. The van der Waals surface area contributed by atoms with E-state index in [1.54, 1.807) is 0 Å². The fourth-order valence-electron chi connectivity index (χ4n) is 4.33. The number of carboxylic acids is 2. The van der Waals surface area contributed by atoms with Crippen molar-refractivity contribution in [1.29, 1.82) is 0 Å². The molecule has 1 aliphatic heterocycles. The molecule has 0 radical (unpaired) electrons. The maximum absolute atomic E-state index is 10.9. The normalized spacial score (nSPS) is 40.1. The molecule has 23 heavy (non-hydrogen) atoms. The summed E-state index contributed by atoms with van der Waals surface area (Å²) < 4.78 is 37.5. The van der Waals surface area contributed by atoms with Gasteiger partial charge >= 0.3 is 18.1 Å². The molecule has 9 heteroatoms. The molecule has 0 aromatic heterocycles. The van der Waals surface area contributed by atoms with E-state index in [9.17, 15) is 18.0 Å². The molecule has 3 fully saturated rings. The summed E-state index contributed by atoms with van der Waals surface area (Å²) in [5, 5.41) is 16.1. The Balaban J connectivity index is 0.000000236. The van der Waals surface area contributed by atoms with E-state index in [0.29, 0.717) is 24.5 Å². The average Bonchev–Trinajstić information content (AvgIpc) is 3.03. The first-order chi connectivity index (χ1) is 10.5. The molecule has 5 atom stereocenters. The Morgan fingerprint density at radius 3 is 2.26 bits per heavy atom. The molecule has 0 aromatic carbocycles. The van der Waals surface area contributed by atoms with Crippen LogP contribution in [0, 0.1) is 17.3 Å². The third-order valence-corrected chi connectivity index (χ3v) is 5.39. The van der Waals surface area contributed by atoms with Gasteiger partial charge in [0.25, 0.3) is 0 Å². The van der Waals surface area contributed by atoms with Gasteiger partial charge in [-0.15, -0.1) is 0 Å². The third-order valence-electron chi connectivity index (χ3n) is 5.39. The number of nitrogens with two attached hydrogens (primary N) is 1. The molecule has 132 valence electrons. The number of carbonyl (C=O) groups is 2. The minimum absolute atomic E-state index is 0.102. The summed E-state index contributed by atoms with van der Waals surface area (Å²) in [7, 11) is 0. The Hall–Kier alpha value is -1.35. The van der Waals surface area contributed by atoms with Gasteiger partial charge in [0, 0.05) is 0 Å². The maximum atomic E-state index is 10.9. The molecule has 2 unspecified atom stereocenters. The average molecular weight is 339 g/mol. The molecule has 4 N–H and O–H groups in total. The summed E-state index contributed by atoms with van der Waals surface area (Å²) in [4.78, 5) is 19.8. The highest BCUT2D eigenvalue weighted by Crippen LogP contribution is 2.71. The minimum atomic E-state index is -5.08. The highest BCUT2D eigenvalue weighted by Gasteiger charge is 2.75. The number of fused-ring (bicyclic) bond motifs is 3. The number of epoxide rings is 1. The van der Waals surface area contributed by atoms with E-state index in [4.69, 9.17) is 25.5 Å². The van der Waals surface area contributed by atoms with Crippen molar-refractivity contribution in [1.82, 2.24) is 0 Å². The zero-order valence-corrected chi connectivity index (χ0v) is 12.6. The van der Waals surface area contributed by atoms with Gasteiger partial charge in [-0.05, 0) is 43.1 Å². The standard InChI is InChI=1S/C12H19NO3.C2HF3O2/c1-2-12-4-7-3-11(6-13,5-8(14)15)9(7)10(12)16-12;3-2(4,5)1(6)7/h7,9-10H,2-6,13H2,1H3,(H,14,15);(H,6,7)/t7-,9-,10?,11+,12?;/m0./s1. The van der Waals surface area contributed by atoms with Crippen LogP contribution in [0.4, 0.5) is 13.2 Å². The van der Waals surface area contributed by atoms with Crippen LogP contribution in [0.15, 0.2) is 0 Å². The molecule has 3 rings (SSSR count). The molecule has 0 amide bonds. The van der Waals surface area contributed by atoms with E-state index in [-0.39, 0.29) is 17.4 Å². The van der Waals surface area contributed by atoms with Crippen LogP contribution in [-0.4, -0.2) is 46.6 Å². The molecule has 2 saturated carbocycles. The van der Waals surface area contributed by atoms with Crippen LogP contribution in [0.5, 0.6) is 0 Å². The van der Waals surface area contributed by atoms with E-state index >= 15 is 0 Å². The number of ether oxygens (including phenoxy) is 1. The van der Waals surface area contributed by atoms with Crippen LogP contribution in [0.3, 0.4) is 0 Å². The lowest BCUT2D eigenvalue weighted by atomic mass is 9.53. The molecule has 3 aliphatic rings. The van der Waals surface area contributed by atoms with Gasteiger partial charge in [0.1, 0.15) is 0 Å². The van der Waals surface area contributed by atoms with Crippen LogP contribution in [0.2, 0.25) is 0 Å². The zero-order chi connectivity index (χ0) is 17.6. The highest BCUT2D eigenvalue weighted by atomic mass is 19.4. The second-order valence-electron chi connectivity index (χ2n) is 6.59. The lowest BCUT2D eigenvalue weighted by molar-refractivity contribution is -0.192. The predicted molar refractivity (Wildman–Crippen MR) is 71.5 cm³/mol. The van der Waals surface area contributed by atoms with Crippen LogP contribution in [-0.2, 0) is 14.3 Å². The van der Waals surface area contributed by atoms with Crippen LogP contribution in [0.25, 0.3) is 0 Å². The minimum Gasteiger partial charge on any atom is -0.481 e. The number of hydrogen-bond acceptors (Lipinski definition) is 4. The van der Waals surface area contributed by atoms with E-state index in [0.717, 1.165) is 19.3 Å². The van der Waals surface area contributed by atoms with Gasteiger partial charge in [-0.2, -0.15) is 13.2 Å². The van der Waals surface area contributed by atoms with Crippen molar-refractivity contribution in [2.24, 2.45) is 23.0 Å². The van der Waals surface area contributed by atoms with E-state index in [1.165, 1.54) is 0 Å². The predicted octanol–water partition coefficient (Wildman–Crippen LogP) is 1.63. The molecule has 1 saturated heterocycles. The molecule has 0 spiro atoms. The fraction of sp³-hybridized carbons (Fsp3) is 0.857. The molecular formula is C14H20F3NO5. The topological polar surface area (TPSA) is 113 Å². The van der Waals surface area contributed by atoms with Crippen molar-refractivity contribution in [2.45, 2.75) is 50.5 Å². The van der Waals surface area contributed by atoms with Gasteiger partial charge in [0.05, 0.1) is 18.1 Å². The second-order valence-corrected chi connectivity index (χ2v) is 6.59. The maximum Gasteiger partial charge on any atom is 0.490 e. The molecule has 0 bridgehead atoms. The number of aliphatic carboxylic acids is 2. The van der Waals surface area contributed by atoms with Gasteiger partial charge < -0.3 is 20.7 Å². The van der Waals surface area contributed by atoms with Gasteiger partial charge in [-0.3, -0.25) is 4.79 Å². The van der Waals surface area contributed by atoms with Crippen LogP contribution < -0.4 is 5.73 Å². The summed E-state index contributed by atoms with van der Waals surface area (Å²) in [6.07, 6.45) is -1.40. The first-order valence-electron chi connectivity index (χ1n) is 7.41. The van der Waals surface area contributed by atoms with Gasteiger partial charge in [0.15, 0.2) is 0 Å². The highest BCUT2D eigenvalue weighted by molar-refractivity contribution is 5.73. The Labute approximate surface area is 130 Å². The van der Waals surface area contributed by atoms with Crippen molar-refractivity contribution in [3.8, 4) is 0 Å². The zero-order valence-electron chi connectivity index (χ0n) is 12.6. The Bertz CT molecular complexity index is 511. The molecule has 2 aliphatic carbocycles. The monoisotopic (exact) mass is 339 g/mol. The Morgan fingerprint density at radius 2 is 1.87 bits per heavy atom. The Morgan fingerprint density at radius 1 is 1.30 bits per heavy atom.